The van der Waals surface area contributed by atoms with Gasteiger partial charge in [-0.3, -0.25) is 0 Å². The third-order valence-electron chi connectivity index (χ3n) is 5.84. The fourth-order valence-corrected chi connectivity index (χ4v) is 5.18. The number of aliphatic hydroxyl groups excluding tert-OH is 1. The predicted molar refractivity (Wildman–Crippen MR) is 100 cm³/mol. The Morgan fingerprint density at radius 2 is 1.96 bits per heavy atom. The summed E-state index contributed by atoms with van der Waals surface area (Å²) in [7, 11) is -3.75. The standard InChI is InChI=1S/C20H19N3O3S/c21-27(25,26)13-6-8-14-12(9-13)5-7-17(20(14)24)19-16-4-2-1-3-15(16)18-10-22-11-23(18)19/h1-4,6,8-11,17,19-20,24H,5,7H2,(H2,21,25,26). The highest BCUT2D eigenvalue weighted by molar-refractivity contribution is 7.89. The van der Waals surface area contributed by atoms with Crippen LogP contribution in [0.5, 0.6) is 0 Å². The molecule has 2 aromatic carbocycles. The molecule has 3 atom stereocenters. The highest BCUT2D eigenvalue weighted by Gasteiger charge is 2.40. The number of nitrogens with zero attached hydrogens (tertiary/aromatic N) is 2. The molecule has 0 radical (unpaired) electrons. The fourth-order valence-electron chi connectivity index (χ4n) is 4.62. The number of aromatic nitrogens is 2. The first-order valence-electron chi connectivity index (χ1n) is 8.90. The van der Waals surface area contributed by atoms with Crippen LogP contribution in [-0.4, -0.2) is 23.1 Å². The summed E-state index contributed by atoms with van der Waals surface area (Å²) in [5.74, 6) is -0.0190. The number of nitrogens with two attached hydrogens (primary N) is 1. The molecule has 27 heavy (non-hydrogen) atoms. The summed E-state index contributed by atoms with van der Waals surface area (Å²) in [5.41, 5.74) is 5.05. The van der Waals surface area contributed by atoms with Crippen molar-refractivity contribution in [2.24, 2.45) is 11.1 Å². The summed E-state index contributed by atoms with van der Waals surface area (Å²) < 4.78 is 25.4. The van der Waals surface area contributed by atoms with Crippen LogP contribution in [0.2, 0.25) is 0 Å². The Bertz CT molecular complexity index is 1150. The second kappa shape index (κ2) is 5.76. The smallest absolute Gasteiger partial charge is 0.238 e. The number of fused-ring (bicyclic) bond motifs is 4. The molecule has 3 unspecified atom stereocenters. The van der Waals surface area contributed by atoms with Crippen molar-refractivity contribution >= 4 is 10.0 Å². The highest BCUT2D eigenvalue weighted by Crippen LogP contribution is 2.49. The molecule has 1 aromatic heterocycles. The Balaban J connectivity index is 1.57. The number of hydrogen-bond donors (Lipinski definition) is 2. The largest absolute Gasteiger partial charge is 0.388 e. The molecule has 138 valence electrons. The van der Waals surface area contributed by atoms with E-state index in [4.69, 9.17) is 5.14 Å². The minimum Gasteiger partial charge on any atom is -0.388 e. The van der Waals surface area contributed by atoms with Gasteiger partial charge in [0.15, 0.2) is 0 Å². The van der Waals surface area contributed by atoms with Crippen LogP contribution in [0.25, 0.3) is 11.3 Å². The van der Waals surface area contributed by atoms with Gasteiger partial charge in [0.2, 0.25) is 10.0 Å². The Labute approximate surface area is 157 Å². The second-order valence-electron chi connectivity index (χ2n) is 7.27. The maximum absolute atomic E-state index is 11.6. The van der Waals surface area contributed by atoms with Crippen LogP contribution in [0.4, 0.5) is 0 Å². The summed E-state index contributed by atoms with van der Waals surface area (Å²) in [6.07, 6.45) is 4.45. The van der Waals surface area contributed by atoms with Crippen LogP contribution < -0.4 is 5.14 Å². The van der Waals surface area contributed by atoms with Gasteiger partial charge in [-0.25, -0.2) is 18.5 Å². The summed E-state index contributed by atoms with van der Waals surface area (Å²) >= 11 is 0. The Kier molecular flexibility index (Phi) is 3.56. The molecule has 1 aliphatic carbocycles. The molecule has 3 aromatic rings. The van der Waals surface area contributed by atoms with Crippen molar-refractivity contribution in [1.29, 1.82) is 0 Å². The quantitative estimate of drug-likeness (QED) is 0.712. The molecule has 0 fully saturated rings. The number of imidazole rings is 1. The van der Waals surface area contributed by atoms with Gasteiger partial charge in [0.1, 0.15) is 0 Å². The normalized spacial score (nSPS) is 23.6. The molecule has 7 heteroatoms. The van der Waals surface area contributed by atoms with Crippen molar-refractivity contribution in [2.75, 3.05) is 0 Å². The van der Waals surface area contributed by atoms with Crippen molar-refractivity contribution in [1.82, 2.24) is 9.55 Å². The number of hydrogen-bond acceptors (Lipinski definition) is 4. The lowest BCUT2D eigenvalue weighted by atomic mass is 9.76. The third-order valence-corrected chi connectivity index (χ3v) is 6.75. The van der Waals surface area contributed by atoms with Crippen LogP contribution in [-0.2, 0) is 16.4 Å². The summed E-state index contributed by atoms with van der Waals surface area (Å²) in [6.45, 7) is 0. The zero-order chi connectivity index (χ0) is 18.8. The van der Waals surface area contributed by atoms with E-state index >= 15 is 0 Å². The molecule has 2 aliphatic rings. The molecule has 0 spiro atoms. The van der Waals surface area contributed by atoms with Gasteiger partial charge in [-0.2, -0.15) is 0 Å². The average Bonchev–Trinajstić information content (AvgIpc) is 3.22. The van der Waals surface area contributed by atoms with Crippen molar-refractivity contribution in [3.63, 3.8) is 0 Å². The lowest BCUT2D eigenvalue weighted by Gasteiger charge is -2.35. The number of rotatable bonds is 2. The lowest BCUT2D eigenvalue weighted by Crippen LogP contribution is -2.29. The number of aryl methyl sites for hydroxylation is 1. The summed E-state index contributed by atoms with van der Waals surface area (Å²) in [6, 6.07) is 13.0. The SMILES string of the molecule is NS(=O)(=O)c1ccc2c(c1)CCC(C1c3ccccc3-c3cncn31)C2O. The molecule has 0 amide bonds. The molecule has 1 aliphatic heterocycles. The molecular formula is C20H19N3O3S. The monoisotopic (exact) mass is 381 g/mol. The van der Waals surface area contributed by atoms with Crippen LogP contribution in [0, 0.1) is 5.92 Å². The fraction of sp³-hybridized carbons (Fsp3) is 0.250. The van der Waals surface area contributed by atoms with E-state index in [2.05, 4.69) is 21.7 Å². The van der Waals surface area contributed by atoms with Gasteiger partial charge < -0.3 is 9.67 Å². The number of sulfonamides is 1. The summed E-state index contributed by atoms with van der Waals surface area (Å²) in [5, 5.41) is 16.4. The van der Waals surface area contributed by atoms with Crippen molar-refractivity contribution in [2.45, 2.75) is 29.9 Å². The first-order valence-corrected chi connectivity index (χ1v) is 10.4. The minimum atomic E-state index is -3.75. The van der Waals surface area contributed by atoms with E-state index in [-0.39, 0.29) is 16.9 Å². The molecule has 5 rings (SSSR count). The molecule has 2 heterocycles. The molecule has 0 saturated carbocycles. The van der Waals surface area contributed by atoms with E-state index < -0.39 is 16.1 Å². The van der Waals surface area contributed by atoms with Gasteiger partial charge in [0.05, 0.1) is 35.3 Å². The van der Waals surface area contributed by atoms with E-state index in [0.717, 1.165) is 28.8 Å². The predicted octanol–water partition coefficient (Wildman–Crippen LogP) is 2.40. The Morgan fingerprint density at radius 1 is 1.15 bits per heavy atom. The van der Waals surface area contributed by atoms with Crippen LogP contribution in [0.15, 0.2) is 59.9 Å². The van der Waals surface area contributed by atoms with Crippen LogP contribution in [0.3, 0.4) is 0 Å². The highest BCUT2D eigenvalue weighted by atomic mass is 32.2. The molecule has 3 N–H and O–H groups in total. The van der Waals surface area contributed by atoms with Gasteiger partial charge >= 0.3 is 0 Å². The van der Waals surface area contributed by atoms with Crippen LogP contribution in [0.1, 0.15) is 35.3 Å². The van der Waals surface area contributed by atoms with Crippen LogP contribution >= 0.6 is 0 Å². The van der Waals surface area contributed by atoms with Crippen molar-refractivity contribution in [3.8, 4) is 11.3 Å². The zero-order valence-corrected chi connectivity index (χ0v) is 15.3. The van der Waals surface area contributed by atoms with E-state index in [1.54, 1.807) is 12.1 Å². The number of aliphatic hydroxyl groups is 1. The van der Waals surface area contributed by atoms with E-state index in [1.165, 1.54) is 11.6 Å². The van der Waals surface area contributed by atoms with Crippen molar-refractivity contribution in [3.05, 3.63) is 71.7 Å². The second-order valence-corrected chi connectivity index (χ2v) is 8.83. The number of benzene rings is 2. The first kappa shape index (κ1) is 16.7. The topological polar surface area (TPSA) is 98.2 Å². The van der Waals surface area contributed by atoms with E-state index in [9.17, 15) is 13.5 Å². The van der Waals surface area contributed by atoms with Gasteiger partial charge in [0, 0.05) is 11.5 Å². The van der Waals surface area contributed by atoms with E-state index in [0.29, 0.717) is 6.42 Å². The number of primary sulfonamides is 1. The zero-order valence-electron chi connectivity index (χ0n) is 14.5. The van der Waals surface area contributed by atoms with Gasteiger partial charge in [-0.15, -0.1) is 0 Å². The average molecular weight is 381 g/mol. The first-order chi connectivity index (χ1) is 12.9. The maximum Gasteiger partial charge on any atom is 0.238 e. The molecule has 0 saturated heterocycles. The Hall–Kier alpha value is -2.48. The lowest BCUT2D eigenvalue weighted by molar-refractivity contribution is 0.0719. The maximum atomic E-state index is 11.6. The van der Waals surface area contributed by atoms with Gasteiger partial charge in [-0.05, 0) is 41.7 Å². The molecule has 0 bridgehead atoms. The molecule has 6 nitrogen and oxygen atoms in total. The minimum absolute atomic E-state index is 0.0137. The third kappa shape index (κ3) is 2.46. The van der Waals surface area contributed by atoms with Gasteiger partial charge in [0.25, 0.3) is 0 Å². The Morgan fingerprint density at radius 3 is 2.78 bits per heavy atom. The molecular weight excluding hydrogens is 362 g/mol. The van der Waals surface area contributed by atoms with E-state index in [1.807, 2.05) is 24.7 Å². The van der Waals surface area contributed by atoms with Gasteiger partial charge in [-0.1, -0.05) is 30.3 Å². The summed E-state index contributed by atoms with van der Waals surface area (Å²) in [4.78, 5) is 4.39. The van der Waals surface area contributed by atoms with Crippen molar-refractivity contribution < 1.29 is 13.5 Å².